The first-order chi connectivity index (χ1) is 28.4. The molecule has 0 spiro atoms. The fraction of sp³-hybridized carbons (Fsp3) is 0.878. The highest BCUT2D eigenvalue weighted by molar-refractivity contribution is 5.73. The molecule has 1 aromatic carbocycles. The predicted octanol–water partition coefficient (Wildman–Crippen LogP) is 12.4. The second-order valence-corrected chi connectivity index (χ2v) is 17.0. The minimum Gasteiger partial charge on any atom is -0.466 e. The first-order valence-electron chi connectivity index (χ1n) is 24.7. The number of esters is 2. The smallest absolute Gasteiger partial charge is 0.306 e. The van der Waals surface area contributed by atoms with Crippen LogP contribution in [0.15, 0.2) is 9.59 Å². The molecule has 1 unspecified atom stereocenters. The molecule has 0 fully saturated rings. The van der Waals surface area contributed by atoms with Crippen LogP contribution in [0.5, 0.6) is 0 Å². The zero-order valence-corrected chi connectivity index (χ0v) is 38.3. The second kappa shape index (κ2) is 38.8. The van der Waals surface area contributed by atoms with Gasteiger partial charge in [-0.05, 0) is 83.8 Å². The molecule has 1 rings (SSSR count). The van der Waals surface area contributed by atoms with Crippen LogP contribution >= 0.6 is 0 Å². The largest absolute Gasteiger partial charge is 0.466 e. The molecule has 58 heavy (non-hydrogen) atoms. The van der Waals surface area contributed by atoms with Crippen molar-refractivity contribution in [2.75, 3.05) is 50.5 Å². The Bertz CT molecular complexity index is 1180. The molecule has 0 amide bonds. The molecule has 0 aromatic heterocycles. The highest BCUT2D eigenvalue weighted by Crippen LogP contribution is 2.19. The van der Waals surface area contributed by atoms with Gasteiger partial charge < -0.3 is 25.0 Å². The summed E-state index contributed by atoms with van der Waals surface area (Å²) in [5, 5.41) is 6.01. The van der Waals surface area contributed by atoms with Crippen LogP contribution < -0.4 is 21.5 Å². The van der Waals surface area contributed by atoms with Gasteiger partial charge in [-0.15, -0.1) is 0 Å². The van der Waals surface area contributed by atoms with Gasteiger partial charge in [0.2, 0.25) is 0 Å². The number of nitrogens with zero attached hydrogens (tertiary/aromatic N) is 1. The predicted molar refractivity (Wildman–Crippen MR) is 246 cm³/mol. The van der Waals surface area contributed by atoms with E-state index in [4.69, 9.17) is 9.47 Å². The first-order valence-corrected chi connectivity index (χ1v) is 24.7. The van der Waals surface area contributed by atoms with E-state index in [0.717, 1.165) is 129 Å². The van der Waals surface area contributed by atoms with Gasteiger partial charge >= 0.3 is 11.9 Å². The van der Waals surface area contributed by atoms with Crippen LogP contribution in [0.3, 0.4) is 0 Å². The Labute approximate surface area is 356 Å². The molecule has 9 nitrogen and oxygen atoms in total. The van der Waals surface area contributed by atoms with Crippen molar-refractivity contribution < 1.29 is 19.1 Å². The summed E-state index contributed by atoms with van der Waals surface area (Å²) in [6, 6.07) is 0. The van der Waals surface area contributed by atoms with E-state index in [-0.39, 0.29) is 18.0 Å². The molecule has 0 aliphatic carbocycles. The molecule has 0 saturated carbocycles. The van der Waals surface area contributed by atoms with Crippen molar-refractivity contribution in [1.29, 1.82) is 0 Å². The van der Waals surface area contributed by atoms with Gasteiger partial charge in [0.1, 0.15) is 17.5 Å². The minimum absolute atomic E-state index is 0.00490. The summed E-state index contributed by atoms with van der Waals surface area (Å²) < 4.78 is 11.5. The van der Waals surface area contributed by atoms with Crippen LogP contribution in [0.4, 0.5) is 11.4 Å². The number of carbonyl (C=O) groups is 2. The topological polar surface area (TPSA) is 114 Å². The van der Waals surface area contributed by atoms with Gasteiger partial charge in [0.15, 0.2) is 0 Å². The zero-order valence-electron chi connectivity index (χ0n) is 38.3. The fourth-order valence-electron chi connectivity index (χ4n) is 7.87. The van der Waals surface area contributed by atoms with Gasteiger partial charge in [0.25, 0.3) is 10.9 Å². The summed E-state index contributed by atoms with van der Waals surface area (Å²) in [6.45, 7) is 10.9. The van der Waals surface area contributed by atoms with Gasteiger partial charge in [-0.3, -0.25) is 19.2 Å². The van der Waals surface area contributed by atoms with Crippen molar-refractivity contribution in [3.05, 3.63) is 20.4 Å². The normalized spacial score (nSPS) is 12.0. The van der Waals surface area contributed by atoms with Crippen molar-refractivity contribution in [3.63, 3.8) is 0 Å². The van der Waals surface area contributed by atoms with E-state index < -0.39 is 10.9 Å². The third-order valence-corrected chi connectivity index (χ3v) is 11.6. The Morgan fingerprint density at radius 2 is 0.914 bits per heavy atom. The summed E-state index contributed by atoms with van der Waals surface area (Å²) in [6.07, 6.45) is 37.2. The first kappa shape index (κ1) is 53.6. The maximum atomic E-state index is 12.8. The van der Waals surface area contributed by atoms with Gasteiger partial charge in [-0.25, -0.2) is 0 Å². The van der Waals surface area contributed by atoms with Crippen LogP contribution in [-0.4, -0.2) is 62.8 Å². The summed E-state index contributed by atoms with van der Waals surface area (Å²) in [5.74, 6) is -0.0475. The summed E-state index contributed by atoms with van der Waals surface area (Å²) in [4.78, 5) is 51.1. The van der Waals surface area contributed by atoms with Gasteiger partial charge in [-0.2, -0.15) is 0 Å². The molecular formula is C49H91N3O6. The van der Waals surface area contributed by atoms with Crippen molar-refractivity contribution in [1.82, 2.24) is 4.90 Å². The van der Waals surface area contributed by atoms with Crippen molar-refractivity contribution >= 4 is 23.3 Å². The lowest BCUT2D eigenvalue weighted by Crippen LogP contribution is -2.37. The third kappa shape index (κ3) is 28.9. The van der Waals surface area contributed by atoms with Crippen molar-refractivity contribution in [2.45, 2.75) is 239 Å². The van der Waals surface area contributed by atoms with E-state index in [1.807, 2.05) is 0 Å². The number of hydrogen-bond donors (Lipinski definition) is 2. The highest BCUT2D eigenvalue weighted by atomic mass is 16.5. The molecule has 0 aliphatic heterocycles. The average molecular weight is 818 g/mol. The molecule has 0 radical (unpaired) electrons. The SMILES string of the molecule is CCCCCCCCCC(=O)OCCCCCCCN(CCCCCCCC(=O)OC(CCCCCCC)CCCCCCCC)CCCNc1c(NC)c(=O)c1=O. The molecule has 1 atom stereocenters. The quantitative estimate of drug-likeness (QED) is 0.0377. The Hall–Kier alpha value is -2.42. The van der Waals surface area contributed by atoms with E-state index in [0.29, 0.717) is 37.4 Å². The lowest BCUT2D eigenvalue weighted by atomic mass is 10.0. The summed E-state index contributed by atoms with van der Waals surface area (Å²) in [7, 11) is 1.67. The molecule has 338 valence electrons. The average Bonchev–Trinajstić information content (AvgIpc) is 3.22. The Kier molecular flexibility index (Phi) is 35.8. The van der Waals surface area contributed by atoms with Crippen LogP contribution in [-0.2, 0) is 19.1 Å². The number of carbonyl (C=O) groups excluding carboxylic acids is 2. The zero-order chi connectivity index (χ0) is 42.3. The number of nitrogens with one attached hydrogen (secondary N) is 2. The van der Waals surface area contributed by atoms with E-state index in [1.165, 1.54) is 89.9 Å². The maximum Gasteiger partial charge on any atom is 0.306 e. The van der Waals surface area contributed by atoms with E-state index >= 15 is 0 Å². The number of unbranched alkanes of at least 4 members (excludes halogenated alkanes) is 23. The molecule has 0 saturated heterocycles. The van der Waals surface area contributed by atoms with Crippen molar-refractivity contribution in [3.8, 4) is 0 Å². The lowest BCUT2D eigenvalue weighted by molar-refractivity contribution is -0.150. The monoisotopic (exact) mass is 818 g/mol. The molecule has 2 N–H and O–H groups in total. The number of anilines is 2. The molecule has 9 heteroatoms. The standard InChI is InChI=1S/C49H91N3O6/c1-5-8-11-14-16-21-28-36-44(53)57-42-32-25-18-24-31-40-52(41-33-38-51-47-46(50-4)48(55)49(47)56)39-30-23-17-22-29-37-45(54)58-43(34-26-19-13-10-7-3)35-27-20-15-12-9-6-2/h43,50-51H,5-42H2,1-4H3. The number of ether oxygens (including phenoxy) is 2. The van der Waals surface area contributed by atoms with E-state index in [9.17, 15) is 19.2 Å². The number of rotatable bonds is 44. The summed E-state index contributed by atoms with van der Waals surface area (Å²) >= 11 is 0. The van der Waals surface area contributed by atoms with Gasteiger partial charge in [0.05, 0.1) is 6.61 Å². The Morgan fingerprint density at radius 3 is 1.43 bits per heavy atom. The van der Waals surface area contributed by atoms with Crippen molar-refractivity contribution in [2.24, 2.45) is 0 Å². The molecular weight excluding hydrogens is 727 g/mol. The van der Waals surface area contributed by atoms with Crippen LogP contribution in [0.1, 0.15) is 233 Å². The van der Waals surface area contributed by atoms with E-state index in [1.54, 1.807) is 7.05 Å². The fourth-order valence-corrected chi connectivity index (χ4v) is 7.87. The molecule has 0 bridgehead atoms. The van der Waals surface area contributed by atoms with Crippen LogP contribution in [0.2, 0.25) is 0 Å². The maximum absolute atomic E-state index is 12.8. The van der Waals surface area contributed by atoms with Crippen LogP contribution in [0, 0.1) is 0 Å². The Morgan fingerprint density at radius 1 is 0.500 bits per heavy atom. The molecule has 0 heterocycles. The van der Waals surface area contributed by atoms with Gasteiger partial charge in [-0.1, -0.05) is 156 Å². The number of hydrogen-bond acceptors (Lipinski definition) is 9. The molecule has 0 aliphatic rings. The second-order valence-electron chi connectivity index (χ2n) is 17.0. The minimum atomic E-state index is -0.439. The third-order valence-electron chi connectivity index (χ3n) is 11.6. The van der Waals surface area contributed by atoms with Crippen LogP contribution in [0.25, 0.3) is 0 Å². The van der Waals surface area contributed by atoms with E-state index in [2.05, 4.69) is 36.3 Å². The molecule has 1 aromatic rings. The highest BCUT2D eigenvalue weighted by Gasteiger charge is 2.19. The lowest BCUT2D eigenvalue weighted by Gasteiger charge is -2.23. The summed E-state index contributed by atoms with van der Waals surface area (Å²) in [5.41, 5.74) is -0.0554. The Balaban J connectivity index is 2.35. The van der Waals surface area contributed by atoms with Gasteiger partial charge in [0, 0.05) is 26.4 Å².